The Labute approximate surface area is 108 Å². The molecule has 0 radical (unpaired) electrons. The van der Waals surface area contributed by atoms with Gasteiger partial charge >= 0.3 is 0 Å². The molecule has 1 aromatic carbocycles. The monoisotopic (exact) mass is 267 g/mol. The summed E-state index contributed by atoms with van der Waals surface area (Å²) < 4.78 is 39.4. The van der Waals surface area contributed by atoms with Crippen LogP contribution in [0.4, 0.5) is 13.2 Å². The first kappa shape index (κ1) is 12.3. The van der Waals surface area contributed by atoms with Gasteiger partial charge in [0.1, 0.15) is 0 Å². The summed E-state index contributed by atoms with van der Waals surface area (Å²) in [4.78, 5) is 11.9. The normalized spacial score (nSPS) is 27.8. The number of amides is 1. The van der Waals surface area contributed by atoms with Crippen molar-refractivity contribution < 1.29 is 18.0 Å². The van der Waals surface area contributed by atoms with E-state index in [1.54, 1.807) is 0 Å². The van der Waals surface area contributed by atoms with Crippen LogP contribution in [0.3, 0.4) is 0 Å². The summed E-state index contributed by atoms with van der Waals surface area (Å²) in [5.41, 5.74) is -0.453. The number of carbonyl (C=O) groups excluding carboxylic acids is 1. The van der Waals surface area contributed by atoms with Gasteiger partial charge in [-0.3, -0.25) is 4.79 Å². The maximum atomic E-state index is 13.5. The molecule has 3 unspecified atom stereocenters. The predicted octanol–water partition coefficient (Wildman–Crippen LogP) is 2.80. The molecule has 0 saturated heterocycles. The number of benzene rings is 1. The standard InChI is InChI=1S/C14H12F3NO/c15-10-4-3-9(12(16)13(10)17)14(19)18-11-6-7-1-2-8(11)5-7/h1-4,7-8,11H,5-6H2,(H,18,19). The lowest BCUT2D eigenvalue weighted by Gasteiger charge is -2.19. The van der Waals surface area contributed by atoms with E-state index in [4.69, 9.17) is 0 Å². The molecule has 100 valence electrons. The smallest absolute Gasteiger partial charge is 0.254 e. The van der Waals surface area contributed by atoms with Crippen LogP contribution in [-0.2, 0) is 0 Å². The first-order valence-electron chi connectivity index (χ1n) is 6.19. The van der Waals surface area contributed by atoms with E-state index >= 15 is 0 Å². The van der Waals surface area contributed by atoms with Gasteiger partial charge in [-0.25, -0.2) is 13.2 Å². The highest BCUT2D eigenvalue weighted by Gasteiger charge is 2.36. The van der Waals surface area contributed by atoms with Gasteiger partial charge in [0.2, 0.25) is 0 Å². The van der Waals surface area contributed by atoms with Gasteiger partial charge < -0.3 is 5.32 Å². The Morgan fingerprint density at radius 2 is 1.89 bits per heavy atom. The third-order valence-electron chi connectivity index (χ3n) is 3.88. The van der Waals surface area contributed by atoms with Gasteiger partial charge in [0.25, 0.3) is 5.91 Å². The second-order valence-electron chi connectivity index (χ2n) is 5.08. The number of nitrogens with one attached hydrogen (secondary N) is 1. The van der Waals surface area contributed by atoms with Crippen molar-refractivity contribution in [1.29, 1.82) is 0 Å². The molecule has 0 heterocycles. The Balaban J connectivity index is 1.78. The Morgan fingerprint density at radius 3 is 2.53 bits per heavy atom. The Morgan fingerprint density at radius 1 is 1.11 bits per heavy atom. The van der Waals surface area contributed by atoms with Crippen LogP contribution < -0.4 is 5.32 Å². The molecule has 2 aliphatic carbocycles. The van der Waals surface area contributed by atoms with Crippen LogP contribution in [0.5, 0.6) is 0 Å². The highest BCUT2D eigenvalue weighted by Crippen LogP contribution is 2.39. The summed E-state index contributed by atoms with van der Waals surface area (Å²) in [6.07, 6.45) is 5.97. The van der Waals surface area contributed by atoms with Crippen molar-refractivity contribution in [2.45, 2.75) is 18.9 Å². The first-order valence-corrected chi connectivity index (χ1v) is 6.19. The maximum absolute atomic E-state index is 13.5. The predicted molar refractivity (Wildman–Crippen MR) is 62.9 cm³/mol. The Hall–Kier alpha value is -1.78. The third-order valence-corrected chi connectivity index (χ3v) is 3.88. The van der Waals surface area contributed by atoms with Crippen molar-refractivity contribution in [1.82, 2.24) is 5.32 Å². The number of hydrogen-bond acceptors (Lipinski definition) is 1. The van der Waals surface area contributed by atoms with Gasteiger partial charge in [-0.05, 0) is 36.8 Å². The van der Waals surface area contributed by atoms with Crippen LogP contribution >= 0.6 is 0 Å². The largest absolute Gasteiger partial charge is 0.349 e. The van der Waals surface area contributed by atoms with Crippen molar-refractivity contribution >= 4 is 5.91 Å². The summed E-state index contributed by atoms with van der Waals surface area (Å²) in [6.45, 7) is 0. The molecular formula is C14H12F3NO. The number of halogens is 3. The maximum Gasteiger partial charge on any atom is 0.254 e. The molecule has 1 aromatic rings. The summed E-state index contributed by atoms with van der Waals surface area (Å²) in [5, 5.41) is 2.69. The number of hydrogen-bond donors (Lipinski definition) is 1. The molecule has 19 heavy (non-hydrogen) atoms. The van der Waals surface area contributed by atoms with Gasteiger partial charge in [0.05, 0.1) is 5.56 Å². The van der Waals surface area contributed by atoms with Crippen molar-refractivity contribution in [2.75, 3.05) is 0 Å². The second kappa shape index (κ2) is 4.40. The zero-order valence-electron chi connectivity index (χ0n) is 10.00. The average Bonchev–Trinajstić information content (AvgIpc) is 2.98. The van der Waals surface area contributed by atoms with E-state index in [-0.39, 0.29) is 12.0 Å². The molecule has 5 heteroatoms. The van der Waals surface area contributed by atoms with E-state index in [1.807, 2.05) is 6.08 Å². The number of allylic oxidation sites excluding steroid dienone is 1. The molecule has 1 saturated carbocycles. The Bertz CT molecular complexity index is 570. The van der Waals surface area contributed by atoms with Crippen LogP contribution in [0.15, 0.2) is 24.3 Å². The molecule has 0 aliphatic heterocycles. The minimum absolute atomic E-state index is 0.0463. The fraction of sp³-hybridized carbons (Fsp3) is 0.357. The van der Waals surface area contributed by atoms with E-state index < -0.39 is 28.9 Å². The van der Waals surface area contributed by atoms with Crippen LogP contribution in [-0.4, -0.2) is 11.9 Å². The molecule has 1 amide bonds. The zero-order chi connectivity index (χ0) is 13.6. The van der Waals surface area contributed by atoms with Crippen molar-refractivity contribution in [3.63, 3.8) is 0 Å². The molecule has 1 N–H and O–H groups in total. The molecular weight excluding hydrogens is 255 g/mol. The average molecular weight is 267 g/mol. The van der Waals surface area contributed by atoms with Crippen molar-refractivity contribution in [3.8, 4) is 0 Å². The van der Waals surface area contributed by atoms with Gasteiger partial charge in [-0.1, -0.05) is 12.2 Å². The summed E-state index contributed by atoms with van der Waals surface area (Å²) in [5.74, 6) is -4.30. The molecule has 2 bridgehead atoms. The fourth-order valence-electron chi connectivity index (χ4n) is 2.89. The van der Waals surface area contributed by atoms with Gasteiger partial charge in [0.15, 0.2) is 17.5 Å². The number of carbonyl (C=O) groups is 1. The molecule has 1 fully saturated rings. The third kappa shape index (κ3) is 2.03. The van der Waals surface area contributed by atoms with Gasteiger partial charge in [-0.15, -0.1) is 0 Å². The van der Waals surface area contributed by atoms with Crippen LogP contribution in [0.25, 0.3) is 0 Å². The summed E-state index contributed by atoms with van der Waals surface area (Å²) in [6, 6.07) is 1.68. The number of fused-ring (bicyclic) bond motifs is 2. The van der Waals surface area contributed by atoms with E-state index in [0.717, 1.165) is 25.0 Å². The topological polar surface area (TPSA) is 29.1 Å². The molecule has 0 aromatic heterocycles. The van der Waals surface area contributed by atoms with E-state index in [9.17, 15) is 18.0 Å². The Kier molecular flexibility index (Phi) is 2.84. The van der Waals surface area contributed by atoms with Gasteiger partial charge in [-0.2, -0.15) is 0 Å². The summed E-state index contributed by atoms with van der Waals surface area (Å²) >= 11 is 0. The molecule has 2 aliphatic rings. The molecule has 3 rings (SSSR count). The molecule has 3 atom stereocenters. The first-order chi connectivity index (χ1) is 9.06. The van der Waals surface area contributed by atoms with Gasteiger partial charge in [0, 0.05) is 6.04 Å². The molecule has 2 nitrogen and oxygen atoms in total. The summed E-state index contributed by atoms with van der Waals surface area (Å²) in [7, 11) is 0. The van der Waals surface area contributed by atoms with Crippen molar-refractivity contribution in [2.24, 2.45) is 11.8 Å². The van der Waals surface area contributed by atoms with Crippen LogP contribution in [0.2, 0.25) is 0 Å². The second-order valence-corrected chi connectivity index (χ2v) is 5.08. The highest BCUT2D eigenvalue weighted by atomic mass is 19.2. The zero-order valence-corrected chi connectivity index (χ0v) is 10.00. The minimum atomic E-state index is -1.61. The van der Waals surface area contributed by atoms with E-state index in [0.29, 0.717) is 5.92 Å². The van der Waals surface area contributed by atoms with Crippen LogP contribution in [0.1, 0.15) is 23.2 Å². The van der Waals surface area contributed by atoms with Crippen molar-refractivity contribution in [3.05, 3.63) is 47.3 Å². The number of rotatable bonds is 2. The quantitative estimate of drug-likeness (QED) is 0.648. The highest BCUT2D eigenvalue weighted by molar-refractivity contribution is 5.94. The van der Waals surface area contributed by atoms with E-state index in [1.165, 1.54) is 0 Å². The fourth-order valence-corrected chi connectivity index (χ4v) is 2.89. The molecule has 0 spiro atoms. The minimum Gasteiger partial charge on any atom is -0.349 e. The lowest BCUT2D eigenvalue weighted by Crippen LogP contribution is -2.38. The van der Waals surface area contributed by atoms with E-state index in [2.05, 4.69) is 11.4 Å². The lowest BCUT2D eigenvalue weighted by atomic mass is 10.0. The van der Waals surface area contributed by atoms with Crippen LogP contribution in [0, 0.1) is 29.3 Å². The SMILES string of the molecule is O=C(NC1CC2C=CC1C2)c1ccc(F)c(F)c1F. The lowest BCUT2D eigenvalue weighted by molar-refractivity contribution is 0.0926.